The molecule has 0 aromatic heterocycles. The van der Waals surface area contributed by atoms with Gasteiger partial charge in [-0.05, 0) is 66.3 Å². The lowest BCUT2D eigenvalue weighted by Crippen LogP contribution is -2.31. The van der Waals surface area contributed by atoms with Gasteiger partial charge in [0.15, 0.2) is 0 Å². The number of benzene rings is 3. The second kappa shape index (κ2) is 10.8. The molecule has 2 N–H and O–H groups in total. The zero-order valence-electron chi connectivity index (χ0n) is 18.9. The van der Waals surface area contributed by atoms with Crippen LogP contribution < -0.4 is 10.1 Å². The zero-order valence-corrected chi connectivity index (χ0v) is 18.9. The van der Waals surface area contributed by atoms with E-state index in [4.69, 9.17) is 9.84 Å². The fourth-order valence-corrected chi connectivity index (χ4v) is 4.35. The summed E-state index contributed by atoms with van der Waals surface area (Å²) in [6.45, 7) is 3.23. The van der Waals surface area contributed by atoms with Gasteiger partial charge in [0.2, 0.25) is 0 Å². The molecule has 0 bridgehead atoms. The maximum Gasteiger partial charge on any atom is 0.304 e. The lowest BCUT2D eigenvalue weighted by molar-refractivity contribution is -0.137. The maximum absolute atomic E-state index is 11.1. The molecule has 33 heavy (non-hydrogen) atoms. The number of ether oxygens (including phenoxy) is 1. The van der Waals surface area contributed by atoms with Crippen LogP contribution in [0.2, 0.25) is 0 Å². The molecule has 3 aromatic rings. The third kappa shape index (κ3) is 6.03. The van der Waals surface area contributed by atoms with E-state index in [1.54, 1.807) is 6.92 Å². The highest BCUT2D eigenvalue weighted by Crippen LogP contribution is 2.26. The van der Waals surface area contributed by atoms with Gasteiger partial charge in [-0.15, -0.1) is 5.92 Å². The molecule has 4 rings (SSSR count). The van der Waals surface area contributed by atoms with Crippen LogP contribution in [-0.2, 0) is 24.2 Å². The van der Waals surface area contributed by atoms with E-state index in [0.29, 0.717) is 12.6 Å². The van der Waals surface area contributed by atoms with E-state index in [0.717, 1.165) is 36.3 Å². The number of nitrogens with one attached hydrogen (secondary N) is 1. The summed E-state index contributed by atoms with van der Waals surface area (Å²) in [7, 11) is 0. The minimum atomic E-state index is -0.852. The van der Waals surface area contributed by atoms with Gasteiger partial charge in [0.25, 0.3) is 0 Å². The largest absolute Gasteiger partial charge is 0.489 e. The molecule has 1 aliphatic heterocycles. The first kappa shape index (κ1) is 22.6. The molecule has 168 valence electrons. The van der Waals surface area contributed by atoms with E-state index in [-0.39, 0.29) is 12.3 Å². The summed E-state index contributed by atoms with van der Waals surface area (Å²) >= 11 is 0. The predicted octanol–water partition coefficient (Wildman–Crippen LogP) is 5.28. The summed E-state index contributed by atoms with van der Waals surface area (Å²) in [5.41, 5.74) is 6.17. The van der Waals surface area contributed by atoms with E-state index >= 15 is 0 Å². The predicted molar refractivity (Wildman–Crippen MR) is 130 cm³/mol. The third-order valence-electron chi connectivity index (χ3n) is 6.06. The topological polar surface area (TPSA) is 58.6 Å². The fourth-order valence-electron chi connectivity index (χ4n) is 4.35. The Morgan fingerprint density at radius 3 is 2.52 bits per heavy atom. The van der Waals surface area contributed by atoms with Gasteiger partial charge in [-0.3, -0.25) is 4.79 Å². The molecule has 0 amide bonds. The van der Waals surface area contributed by atoms with Crippen LogP contribution in [0.25, 0.3) is 0 Å². The average molecular weight is 440 g/mol. The standard InChI is InChI=1S/C29H29NO3/c1-2-5-25(19-29(31)32)23-12-14-26(15-13-23)33-20-22-10-8-21(9-11-22)18-28-27-7-4-3-6-24(27)16-17-30-28/h3-4,6-15,25,28,30H,16-20H2,1H3,(H,31,32)/t25-,28?/m0/s1. The van der Waals surface area contributed by atoms with E-state index < -0.39 is 5.97 Å². The number of hydrogen-bond donors (Lipinski definition) is 2. The molecule has 1 unspecified atom stereocenters. The van der Waals surface area contributed by atoms with Gasteiger partial charge in [0.1, 0.15) is 12.4 Å². The highest BCUT2D eigenvalue weighted by Gasteiger charge is 2.19. The van der Waals surface area contributed by atoms with Crippen molar-refractivity contribution >= 4 is 5.97 Å². The van der Waals surface area contributed by atoms with E-state index in [2.05, 4.69) is 65.7 Å². The first-order valence-corrected chi connectivity index (χ1v) is 11.4. The third-order valence-corrected chi connectivity index (χ3v) is 6.06. The van der Waals surface area contributed by atoms with Crippen LogP contribution in [0.1, 0.15) is 53.1 Å². The lowest BCUT2D eigenvalue weighted by Gasteiger charge is -2.27. The number of carbonyl (C=O) groups is 1. The van der Waals surface area contributed by atoms with Gasteiger partial charge < -0.3 is 15.2 Å². The summed E-state index contributed by atoms with van der Waals surface area (Å²) in [4.78, 5) is 11.1. The number of carboxylic acid groups (broad SMARTS) is 1. The van der Waals surface area contributed by atoms with Gasteiger partial charge in [0, 0.05) is 6.04 Å². The van der Waals surface area contributed by atoms with Crippen LogP contribution in [-0.4, -0.2) is 17.6 Å². The van der Waals surface area contributed by atoms with Crippen molar-refractivity contribution in [3.05, 3.63) is 101 Å². The monoisotopic (exact) mass is 439 g/mol. The van der Waals surface area contributed by atoms with E-state index in [1.807, 2.05) is 24.3 Å². The van der Waals surface area contributed by atoms with Crippen molar-refractivity contribution in [2.24, 2.45) is 0 Å². The van der Waals surface area contributed by atoms with Crippen LogP contribution >= 0.6 is 0 Å². The van der Waals surface area contributed by atoms with Gasteiger partial charge in [-0.25, -0.2) is 0 Å². The zero-order chi connectivity index (χ0) is 23.0. The summed E-state index contributed by atoms with van der Waals surface area (Å²) in [6, 6.07) is 25.2. The number of hydrogen-bond acceptors (Lipinski definition) is 3. The summed E-state index contributed by atoms with van der Waals surface area (Å²) in [5, 5.41) is 12.7. The molecule has 0 spiro atoms. The minimum absolute atomic E-state index is 0.00461. The molecule has 0 radical (unpaired) electrons. The van der Waals surface area contributed by atoms with Crippen LogP contribution in [0, 0.1) is 11.8 Å². The van der Waals surface area contributed by atoms with Crippen LogP contribution in [0.5, 0.6) is 5.75 Å². The van der Waals surface area contributed by atoms with Crippen molar-refractivity contribution in [1.82, 2.24) is 5.32 Å². The quantitative estimate of drug-likeness (QED) is 0.469. The van der Waals surface area contributed by atoms with Crippen LogP contribution in [0.4, 0.5) is 0 Å². The van der Waals surface area contributed by atoms with Crippen LogP contribution in [0.3, 0.4) is 0 Å². The van der Waals surface area contributed by atoms with E-state index in [1.165, 1.54) is 16.7 Å². The molecule has 4 heteroatoms. The smallest absolute Gasteiger partial charge is 0.304 e. The van der Waals surface area contributed by atoms with Gasteiger partial charge in [-0.1, -0.05) is 66.6 Å². The average Bonchev–Trinajstić information content (AvgIpc) is 2.84. The van der Waals surface area contributed by atoms with Crippen molar-refractivity contribution in [2.75, 3.05) is 6.54 Å². The van der Waals surface area contributed by atoms with E-state index in [9.17, 15) is 4.79 Å². The minimum Gasteiger partial charge on any atom is -0.489 e. The maximum atomic E-state index is 11.1. The number of aliphatic carboxylic acids is 1. The Morgan fingerprint density at radius 1 is 1.06 bits per heavy atom. The van der Waals surface area contributed by atoms with Gasteiger partial charge in [-0.2, -0.15) is 0 Å². The molecule has 0 saturated carbocycles. The van der Waals surface area contributed by atoms with Crippen LogP contribution in [0.15, 0.2) is 72.8 Å². The molecule has 2 atom stereocenters. The number of carboxylic acids is 1. The molecule has 0 fully saturated rings. The van der Waals surface area contributed by atoms with Crippen molar-refractivity contribution in [2.45, 2.75) is 44.8 Å². The summed E-state index contributed by atoms with van der Waals surface area (Å²) in [6.07, 6.45) is 2.06. The Balaban J connectivity index is 1.33. The van der Waals surface area contributed by atoms with Gasteiger partial charge in [0.05, 0.1) is 12.3 Å². The molecule has 1 aliphatic rings. The lowest BCUT2D eigenvalue weighted by atomic mass is 9.90. The molecular weight excluding hydrogens is 410 g/mol. The molecule has 0 saturated heterocycles. The van der Waals surface area contributed by atoms with Crippen molar-refractivity contribution in [3.63, 3.8) is 0 Å². The van der Waals surface area contributed by atoms with Crippen molar-refractivity contribution in [1.29, 1.82) is 0 Å². The number of rotatable bonds is 8. The Hall–Kier alpha value is -3.55. The van der Waals surface area contributed by atoms with Gasteiger partial charge >= 0.3 is 5.97 Å². The molecule has 3 aromatic carbocycles. The molecular formula is C29H29NO3. The number of fused-ring (bicyclic) bond motifs is 1. The summed E-state index contributed by atoms with van der Waals surface area (Å²) in [5.74, 6) is 5.39. The Morgan fingerprint density at radius 2 is 1.79 bits per heavy atom. The molecule has 0 aliphatic carbocycles. The first-order chi connectivity index (χ1) is 16.1. The normalized spacial score (nSPS) is 15.6. The van der Waals surface area contributed by atoms with Crippen molar-refractivity contribution in [3.8, 4) is 17.6 Å². The highest BCUT2D eigenvalue weighted by molar-refractivity contribution is 5.69. The molecule has 1 heterocycles. The van der Waals surface area contributed by atoms with Crippen molar-refractivity contribution < 1.29 is 14.6 Å². The highest BCUT2D eigenvalue weighted by atomic mass is 16.5. The second-order valence-corrected chi connectivity index (χ2v) is 8.38. The summed E-state index contributed by atoms with van der Waals surface area (Å²) < 4.78 is 5.94. The Labute approximate surface area is 195 Å². The second-order valence-electron chi connectivity index (χ2n) is 8.38. The molecule has 4 nitrogen and oxygen atoms in total. The fraction of sp³-hybridized carbons (Fsp3) is 0.276. The first-order valence-electron chi connectivity index (χ1n) is 11.4. The Kier molecular flexibility index (Phi) is 7.44. The SMILES string of the molecule is CC#C[C@@H](CC(=O)O)c1ccc(OCc2ccc(CC3NCCc4ccccc43)cc2)cc1. The Bertz CT molecular complexity index is 1140.